The Morgan fingerprint density at radius 1 is 0.962 bits per heavy atom. The third kappa shape index (κ3) is 4.56. The first-order valence-corrected chi connectivity index (χ1v) is 9.42. The normalized spacial score (nSPS) is 12.2. The van der Waals surface area contributed by atoms with E-state index in [1.807, 2.05) is 24.4 Å². The molecule has 1 heterocycles. The van der Waals surface area contributed by atoms with Crippen LogP contribution in [-0.2, 0) is 0 Å². The third-order valence-corrected chi connectivity index (χ3v) is 5.27. The van der Waals surface area contributed by atoms with Crippen molar-refractivity contribution in [2.45, 2.75) is 26.2 Å². The summed E-state index contributed by atoms with van der Waals surface area (Å²) in [7, 11) is 0. The summed E-state index contributed by atoms with van der Waals surface area (Å²) in [5.41, 5.74) is 3.57. The van der Waals surface area contributed by atoms with Crippen molar-refractivity contribution in [2.24, 2.45) is 0 Å². The van der Waals surface area contributed by atoms with Crippen LogP contribution in [0, 0.1) is 0 Å². The summed E-state index contributed by atoms with van der Waals surface area (Å²) in [6, 6.07) is 18.8. The van der Waals surface area contributed by atoms with E-state index < -0.39 is 0 Å². The van der Waals surface area contributed by atoms with E-state index in [1.54, 1.807) is 0 Å². The van der Waals surface area contributed by atoms with E-state index >= 15 is 0 Å². The van der Waals surface area contributed by atoms with Gasteiger partial charge in [0.2, 0.25) is 0 Å². The highest BCUT2D eigenvalue weighted by atomic mass is 35.5. The molecule has 0 fully saturated rings. The van der Waals surface area contributed by atoms with Gasteiger partial charge < -0.3 is 4.90 Å². The van der Waals surface area contributed by atoms with Gasteiger partial charge in [-0.1, -0.05) is 61.8 Å². The lowest BCUT2D eigenvalue weighted by atomic mass is 9.86. The van der Waals surface area contributed by atoms with Gasteiger partial charge in [-0.15, -0.1) is 12.4 Å². The van der Waals surface area contributed by atoms with Gasteiger partial charge in [0.1, 0.15) is 0 Å². The molecule has 0 radical (unpaired) electrons. The highest BCUT2D eigenvalue weighted by Gasteiger charge is 2.19. The maximum Gasteiger partial charge on any atom is 0.0719 e. The Hall–Kier alpha value is -1.61. The summed E-state index contributed by atoms with van der Waals surface area (Å²) in [4.78, 5) is 6.98. The number of rotatable bonds is 7. The predicted octanol–water partition coefficient (Wildman–Crippen LogP) is 6.17. The predicted molar refractivity (Wildman–Crippen MR) is 115 cm³/mol. The average molecular weight is 389 g/mol. The minimum absolute atomic E-state index is 0. The van der Waals surface area contributed by atoms with Crippen LogP contribution in [0.4, 0.5) is 0 Å². The van der Waals surface area contributed by atoms with Crippen LogP contribution in [0.1, 0.15) is 37.3 Å². The molecule has 0 saturated carbocycles. The molecule has 2 nitrogen and oxygen atoms in total. The van der Waals surface area contributed by atoms with E-state index in [4.69, 9.17) is 11.6 Å². The molecule has 1 unspecified atom stereocenters. The first-order chi connectivity index (χ1) is 12.2. The Morgan fingerprint density at radius 3 is 2.38 bits per heavy atom. The maximum absolute atomic E-state index is 6.56. The second kappa shape index (κ2) is 9.91. The van der Waals surface area contributed by atoms with Crippen LogP contribution in [0.2, 0.25) is 5.02 Å². The molecule has 4 heteroatoms. The van der Waals surface area contributed by atoms with Gasteiger partial charge >= 0.3 is 0 Å². The van der Waals surface area contributed by atoms with Crippen LogP contribution in [-0.4, -0.2) is 29.5 Å². The van der Waals surface area contributed by atoms with Crippen molar-refractivity contribution in [1.82, 2.24) is 9.88 Å². The van der Waals surface area contributed by atoms with Crippen LogP contribution >= 0.6 is 24.0 Å². The Kier molecular flexibility index (Phi) is 7.89. The fourth-order valence-electron chi connectivity index (χ4n) is 3.52. The van der Waals surface area contributed by atoms with Gasteiger partial charge in [0, 0.05) is 17.5 Å². The molecule has 0 bridgehead atoms. The fraction of sp³-hybridized carbons (Fsp3) is 0.318. The van der Waals surface area contributed by atoms with Crippen molar-refractivity contribution in [2.75, 3.05) is 19.6 Å². The maximum atomic E-state index is 6.56. The van der Waals surface area contributed by atoms with Gasteiger partial charge in [-0.3, -0.25) is 4.98 Å². The summed E-state index contributed by atoms with van der Waals surface area (Å²) < 4.78 is 0. The van der Waals surface area contributed by atoms with Gasteiger partial charge in [-0.2, -0.15) is 0 Å². The number of halogens is 2. The second-order valence-electron chi connectivity index (χ2n) is 6.31. The van der Waals surface area contributed by atoms with Gasteiger partial charge in [-0.25, -0.2) is 0 Å². The average Bonchev–Trinajstić information content (AvgIpc) is 2.66. The van der Waals surface area contributed by atoms with E-state index in [1.165, 1.54) is 11.1 Å². The van der Waals surface area contributed by atoms with E-state index in [0.29, 0.717) is 5.92 Å². The van der Waals surface area contributed by atoms with E-state index in [9.17, 15) is 0 Å². The molecule has 0 amide bonds. The standard InChI is InChI=1S/C22H25ClN2.ClH/c1-3-25(4-2)16-14-18(17-9-6-5-7-10-17)19-13-15-24-21-12-8-11-20(23)22(19)21;/h5-13,15,18H,3-4,14,16H2,1-2H3;1H. The third-order valence-electron chi connectivity index (χ3n) is 4.95. The Labute approximate surface area is 167 Å². The van der Waals surface area contributed by atoms with Gasteiger partial charge in [-0.05, 0) is 55.4 Å². The molecule has 0 N–H and O–H groups in total. The molecule has 0 aliphatic rings. The molecule has 3 aromatic rings. The minimum Gasteiger partial charge on any atom is -0.304 e. The van der Waals surface area contributed by atoms with Gasteiger partial charge in [0.15, 0.2) is 0 Å². The molecule has 1 aromatic heterocycles. The van der Waals surface area contributed by atoms with Crippen molar-refractivity contribution in [3.63, 3.8) is 0 Å². The SMILES string of the molecule is CCN(CC)CCC(c1ccccc1)c1ccnc2cccc(Cl)c12.Cl. The molecule has 0 saturated heterocycles. The topological polar surface area (TPSA) is 16.1 Å². The number of nitrogens with zero attached hydrogens (tertiary/aromatic N) is 2. The van der Waals surface area contributed by atoms with Crippen molar-refractivity contribution in [1.29, 1.82) is 0 Å². The molecule has 0 aliphatic carbocycles. The van der Waals surface area contributed by atoms with Crippen LogP contribution in [0.25, 0.3) is 10.9 Å². The summed E-state index contributed by atoms with van der Waals surface area (Å²) in [6.45, 7) is 7.67. The summed E-state index contributed by atoms with van der Waals surface area (Å²) in [5, 5.41) is 1.87. The van der Waals surface area contributed by atoms with E-state index in [-0.39, 0.29) is 12.4 Å². The number of fused-ring (bicyclic) bond motifs is 1. The summed E-state index contributed by atoms with van der Waals surface area (Å²) in [5.74, 6) is 0.312. The lowest BCUT2D eigenvalue weighted by molar-refractivity contribution is 0.295. The number of benzene rings is 2. The molecule has 3 rings (SSSR count). The van der Waals surface area contributed by atoms with Crippen LogP contribution in [0.3, 0.4) is 0 Å². The Morgan fingerprint density at radius 2 is 1.69 bits per heavy atom. The number of pyridine rings is 1. The van der Waals surface area contributed by atoms with Crippen LogP contribution in [0.5, 0.6) is 0 Å². The smallest absolute Gasteiger partial charge is 0.0719 e. The molecular formula is C22H26Cl2N2. The summed E-state index contributed by atoms with van der Waals surface area (Å²) in [6.07, 6.45) is 2.97. The number of aromatic nitrogens is 1. The Bertz CT molecular complexity index is 811. The highest BCUT2D eigenvalue weighted by Crippen LogP contribution is 2.35. The molecule has 2 aromatic carbocycles. The zero-order valence-electron chi connectivity index (χ0n) is 15.4. The van der Waals surface area contributed by atoms with Crippen molar-refractivity contribution in [3.05, 3.63) is 76.9 Å². The Balaban J connectivity index is 0.00000243. The number of hydrogen-bond acceptors (Lipinski definition) is 2. The monoisotopic (exact) mass is 388 g/mol. The van der Waals surface area contributed by atoms with E-state index in [2.05, 4.69) is 60.1 Å². The molecular weight excluding hydrogens is 363 g/mol. The first kappa shape index (κ1) is 20.7. The molecule has 0 spiro atoms. The molecule has 0 aliphatic heterocycles. The van der Waals surface area contributed by atoms with Crippen LogP contribution in [0.15, 0.2) is 60.8 Å². The molecule has 138 valence electrons. The highest BCUT2D eigenvalue weighted by molar-refractivity contribution is 6.35. The molecule has 26 heavy (non-hydrogen) atoms. The first-order valence-electron chi connectivity index (χ1n) is 9.05. The summed E-state index contributed by atoms with van der Waals surface area (Å²) >= 11 is 6.56. The van der Waals surface area contributed by atoms with Crippen molar-refractivity contribution in [3.8, 4) is 0 Å². The fourth-order valence-corrected chi connectivity index (χ4v) is 3.79. The van der Waals surface area contributed by atoms with Crippen LogP contribution < -0.4 is 0 Å². The minimum atomic E-state index is 0. The van der Waals surface area contributed by atoms with E-state index in [0.717, 1.165) is 42.0 Å². The zero-order chi connectivity index (χ0) is 17.6. The quantitative estimate of drug-likeness (QED) is 0.480. The lowest BCUT2D eigenvalue weighted by Gasteiger charge is -2.24. The van der Waals surface area contributed by atoms with Gasteiger partial charge in [0.25, 0.3) is 0 Å². The van der Waals surface area contributed by atoms with Gasteiger partial charge in [0.05, 0.1) is 10.5 Å². The van der Waals surface area contributed by atoms with Crippen molar-refractivity contribution >= 4 is 34.9 Å². The zero-order valence-corrected chi connectivity index (χ0v) is 16.9. The van der Waals surface area contributed by atoms with Crippen molar-refractivity contribution < 1.29 is 0 Å². The second-order valence-corrected chi connectivity index (χ2v) is 6.72. The number of hydrogen-bond donors (Lipinski definition) is 0. The lowest BCUT2D eigenvalue weighted by Crippen LogP contribution is -2.25. The largest absolute Gasteiger partial charge is 0.304 e. The molecule has 1 atom stereocenters.